The highest BCUT2D eigenvalue weighted by atomic mass is 19.1. The molecular formula is C11H12FN3. The smallest absolute Gasteiger partial charge is 0.151 e. The summed E-state index contributed by atoms with van der Waals surface area (Å²) in [6, 6.07) is 6.56. The normalized spacial score (nSPS) is 9.27. The number of aryl methyl sites for hydroxylation is 1. The van der Waals surface area contributed by atoms with Gasteiger partial charge in [0.05, 0.1) is 0 Å². The second-order valence-corrected chi connectivity index (χ2v) is 2.72. The van der Waals surface area contributed by atoms with Crippen molar-refractivity contribution < 1.29 is 4.39 Å². The van der Waals surface area contributed by atoms with Crippen LogP contribution in [0.2, 0.25) is 0 Å². The van der Waals surface area contributed by atoms with Crippen molar-refractivity contribution in [2.45, 2.75) is 13.8 Å². The molecule has 15 heavy (non-hydrogen) atoms. The van der Waals surface area contributed by atoms with E-state index in [0.717, 1.165) is 0 Å². The Balaban J connectivity index is 0.000000531. The Labute approximate surface area is 87.7 Å². The fourth-order valence-electron chi connectivity index (χ4n) is 1.31. The fourth-order valence-corrected chi connectivity index (χ4v) is 1.31. The number of aromatic nitrogens is 2. The van der Waals surface area contributed by atoms with Gasteiger partial charge in [-0.2, -0.15) is 10.4 Å². The molecule has 1 heterocycles. The van der Waals surface area contributed by atoms with Crippen LogP contribution in [-0.4, -0.2) is 9.78 Å². The SMILES string of the molecule is CC.Cn1nc2c(F)cccc2c1C#N. The highest BCUT2D eigenvalue weighted by Gasteiger charge is 2.10. The van der Waals surface area contributed by atoms with E-state index in [4.69, 9.17) is 5.26 Å². The van der Waals surface area contributed by atoms with Crippen LogP contribution in [-0.2, 0) is 7.05 Å². The minimum atomic E-state index is -0.394. The van der Waals surface area contributed by atoms with Crippen LogP contribution in [0.15, 0.2) is 18.2 Å². The summed E-state index contributed by atoms with van der Waals surface area (Å²) in [5.74, 6) is -0.394. The zero-order chi connectivity index (χ0) is 11.4. The molecule has 2 aromatic rings. The molecule has 0 amide bonds. The van der Waals surface area contributed by atoms with E-state index in [9.17, 15) is 4.39 Å². The van der Waals surface area contributed by atoms with Crippen molar-refractivity contribution in [3.63, 3.8) is 0 Å². The lowest BCUT2D eigenvalue weighted by Crippen LogP contribution is -1.92. The largest absolute Gasteiger partial charge is 0.257 e. The summed E-state index contributed by atoms with van der Waals surface area (Å²) >= 11 is 0. The van der Waals surface area contributed by atoms with Crippen LogP contribution in [0.4, 0.5) is 4.39 Å². The molecule has 0 unspecified atom stereocenters. The monoisotopic (exact) mass is 205 g/mol. The lowest BCUT2D eigenvalue weighted by molar-refractivity contribution is 0.632. The summed E-state index contributed by atoms with van der Waals surface area (Å²) in [5, 5.41) is 13.2. The molecule has 0 atom stereocenters. The van der Waals surface area contributed by atoms with Gasteiger partial charge in [0.15, 0.2) is 5.82 Å². The van der Waals surface area contributed by atoms with Crippen LogP contribution in [0, 0.1) is 17.1 Å². The summed E-state index contributed by atoms with van der Waals surface area (Å²) in [7, 11) is 1.62. The van der Waals surface area contributed by atoms with E-state index in [0.29, 0.717) is 11.1 Å². The zero-order valence-electron chi connectivity index (χ0n) is 8.95. The number of nitrogens with zero attached hydrogens (tertiary/aromatic N) is 3. The van der Waals surface area contributed by atoms with Crippen molar-refractivity contribution in [1.82, 2.24) is 9.78 Å². The van der Waals surface area contributed by atoms with Crippen LogP contribution in [0.25, 0.3) is 10.9 Å². The molecule has 0 aliphatic rings. The molecule has 0 aliphatic heterocycles. The molecule has 2 rings (SSSR count). The van der Waals surface area contributed by atoms with E-state index >= 15 is 0 Å². The van der Waals surface area contributed by atoms with Crippen molar-refractivity contribution in [1.29, 1.82) is 5.26 Å². The van der Waals surface area contributed by atoms with Crippen LogP contribution in [0.1, 0.15) is 19.5 Å². The number of rotatable bonds is 0. The minimum absolute atomic E-state index is 0.251. The molecule has 78 valence electrons. The Morgan fingerprint density at radius 1 is 1.40 bits per heavy atom. The lowest BCUT2D eigenvalue weighted by Gasteiger charge is -1.88. The Hall–Kier alpha value is -1.89. The maximum Gasteiger partial charge on any atom is 0.151 e. The summed E-state index contributed by atoms with van der Waals surface area (Å²) < 4.78 is 14.5. The molecule has 0 saturated heterocycles. The molecule has 0 spiro atoms. The molecule has 3 nitrogen and oxygen atoms in total. The van der Waals surface area contributed by atoms with Crippen molar-refractivity contribution in [2.24, 2.45) is 7.05 Å². The van der Waals surface area contributed by atoms with Crippen LogP contribution < -0.4 is 0 Å². The highest BCUT2D eigenvalue weighted by molar-refractivity contribution is 5.84. The van der Waals surface area contributed by atoms with Gasteiger partial charge in [0.1, 0.15) is 17.3 Å². The van der Waals surface area contributed by atoms with Crippen LogP contribution in [0.3, 0.4) is 0 Å². The van der Waals surface area contributed by atoms with Gasteiger partial charge in [0.2, 0.25) is 0 Å². The number of halogens is 1. The number of benzene rings is 1. The first-order valence-electron chi connectivity index (χ1n) is 4.75. The summed E-state index contributed by atoms with van der Waals surface area (Å²) in [4.78, 5) is 0. The molecule has 0 N–H and O–H groups in total. The van der Waals surface area contributed by atoms with Gasteiger partial charge in [-0.25, -0.2) is 4.39 Å². The first kappa shape index (κ1) is 11.2. The second-order valence-electron chi connectivity index (χ2n) is 2.72. The maximum absolute atomic E-state index is 13.1. The molecular weight excluding hydrogens is 193 g/mol. The quantitative estimate of drug-likeness (QED) is 0.663. The predicted molar refractivity (Wildman–Crippen MR) is 56.7 cm³/mol. The van der Waals surface area contributed by atoms with Gasteiger partial charge in [0.25, 0.3) is 0 Å². The van der Waals surface area contributed by atoms with E-state index in [1.807, 2.05) is 19.9 Å². The fraction of sp³-hybridized carbons (Fsp3) is 0.273. The molecule has 1 aromatic heterocycles. The molecule has 1 aromatic carbocycles. The molecule has 0 radical (unpaired) electrons. The van der Waals surface area contributed by atoms with E-state index in [1.165, 1.54) is 10.7 Å². The van der Waals surface area contributed by atoms with Gasteiger partial charge in [-0.3, -0.25) is 4.68 Å². The van der Waals surface area contributed by atoms with Gasteiger partial charge >= 0.3 is 0 Å². The summed E-state index contributed by atoms with van der Waals surface area (Å²) in [6.45, 7) is 4.00. The molecule has 0 bridgehead atoms. The van der Waals surface area contributed by atoms with Crippen LogP contribution >= 0.6 is 0 Å². The Kier molecular flexibility index (Phi) is 3.40. The van der Waals surface area contributed by atoms with Gasteiger partial charge in [-0.05, 0) is 12.1 Å². The van der Waals surface area contributed by atoms with Crippen molar-refractivity contribution in [3.8, 4) is 6.07 Å². The molecule has 0 saturated carbocycles. The van der Waals surface area contributed by atoms with E-state index < -0.39 is 5.82 Å². The summed E-state index contributed by atoms with van der Waals surface area (Å²) in [5.41, 5.74) is 0.635. The molecule has 0 fully saturated rings. The van der Waals surface area contributed by atoms with Gasteiger partial charge < -0.3 is 0 Å². The maximum atomic E-state index is 13.1. The Morgan fingerprint density at radius 3 is 2.67 bits per heavy atom. The number of nitriles is 1. The van der Waals surface area contributed by atoms with Crippen molar-refractivity contribution >= 4 is 10.9 Å². The second kappa shape index (κ2) is 4.56. The topological polar surface area (TPSA) is 41.6 Å². The predicted octanol–water partition coefficient (Wildman–Crippen LogP) is 2.61. The van der Waals surface area contributed by atoms with E-state index in [1.54, 1.807) is 19.2 Å². The van der Waals surface area contributed by atoms with E-state index in [2.05, 4.69) is 5.10 Å². The molecule has 4 heteroatoms. The highest BCUT2D eigenvalue weighted by Crippen LogP contribution is 2.19. The van der Waals surface area contributed by atoms with Gasteiger partial charge in [0, 0.05) is 12.4 Å². The van der Waals surface area contributed by atoms with Crippen molar-refractivity contribution in [3.05, 3.63) is 29.7 Å². The van der Waals surface area contributed by atoms with Crippen LogP contribution in [0.5, 0.6) is 0 Å². The van der Waals surface area contributed by atoms with Gasteiger partial charge in [-0.15, -0.1) is 0 Å². The molecule has 0 aliphatic carbocycles. The Bertz CT molecular complexity index is 508. The third-order valence-corrected chi connectivity index (χ3v) is 1.92. The van der Waals surface area contributed by atoms with Gasteiger partial charge in [-0.1, -0.05) is 19.9 Å². The first-order valence-corrected chi connectivity index (χ1v) is 4.75. The zero-order valence-corrected chi connectivity index (χ0v) is 8.95. The average Bonchev–Trinajstić information content (AvgIpc) is 2.59. The third-order valence-electron chi connectivity index (χ3n) is 1.92. The lowest BCUT2D eigenvalue weighted by atomic mass is 10.2. The minimum Gasteiger partial charge on any atom is -0.257 e. The standard InChI is InChI=1S/C9H6FN3.C2H6/c1-13-8(5-11)6-3-2-4-7(10)9(6)12-13;1-2/h2-4H,1H3;1-2H3. The number of hydrogen-bond acceptors (Lipinski definition) is 2. The Morgan fingerprint density at radius 2 is 2.07 bits per heavy atom. The van der Waals surface area contributed by atoms with E-state index in [-0.39, 0.29) is 5.52 Å². The van der Waals surface area contributed by atoms with Crippen molar-refractivity contribution in [2.75, 3.05) is 0 Å². The number of hydrogen-bond donors (Lipinski definition) is 0. The average molecular weight is 205 g/mol. The third kappa shape index (κ3) is 1.82. The number of fused-ring (bicyclic) bond motifs is 1. The summed E-state index contributed by atoms with van der Waals surface area (Å²) in [6.07, 6.45) is 0. The first-order chi connectivity index (χ1) is 7.24.